The summed E-state index contributed by atoms with van der Waals surface area (Å²) in [6.07, 6.45) is -3.07. The van der Waals surface area contributed by atoms with Crippen molar-refractivity contribution in [1.29, 1.82) is 0 Å². The molecule has 1 aromatic heterocycles. The molecule has 0 fully saturated rings. The summed E-state index contributed by atoms with van der Waals surface area (Å²) in [6.45, 7) is 0. The average Bonchev–Trinajstić information content (AvgIpc) is 2.22. The Kier molecular flexibility index (Phi) is 4.17. The van der Waals surface area contributed by atoms with Gasteiger partial charge in [0.25, 0.3) is 6.43 Å². The normalized spacial score (nSPS) is 10.6. The maximum absolute atomic E-state index is 12.5. The molecule has 0 aliphatic rings. The average molecular weight is 296 g/mol. The number of nitrogens with one attached hydrogen (secondary N) is 1. The van der Waals surface area contributed by atoms with E-state index in [9.17, 15) is 18.4 Å². The minimum absolute atomic E-state index is 0.0929. The number of esters is 1. The van der Waals surface area contributed by atoms with Gasteiger partial charge in [0.1, 0.15) is 5.69 Å². The van der Waals surface area contributed by atoms with Crippen LogP contribution in [0.15, 0.2) is 15.3 Å². The molecule has 4 nitrogen and oxygen atoms in total. The van der Waals surface area contributed by atoms with Crippen LogP contribution in [-0.2, 0) is 16.0 Å². The topological polar surface area (TPSA) is 59.2 Å². The van der Waals surface area contributed by atoms with Gasteiger partial charge in [0, 0.05) is 11.8 Å². The molecule has 1 rings (SSSR count). The summed E-state index contributed by atoms with van der Waals surface area (Å²) in [7, 11) is 1.17. The van der Waals surface area contributed by atoms with Crippen LogP contribution >= 0.6 is 15.9 Å². The van der Waals surface area contributed by atoms with Crippen molar-refractivity contribution in [1.82, 2.24) is 4.98 Å². The molecule has 0 aliphatic heterocycles. The van der Waals surface area contributed by atoms with Gasteiger partial charge in [-0.15, -0.1) is 0 Å². The van der Waals surface area contributed by atoms with E-state index in [2.05, 4.69) is 25.7 Å². The number of pyridine rings is 1. The Morgan fingerprint density at radius 2 is 2.25 bits per heavy atom. The zero-order valence-corrected chi connectivity index (χ0v) is 9.81. The van der Waals surface area contributed by atoms with Gasteiger partial charge in [-0.25, -0.2) is 8.78 Å². The lowest BCUT2D eigenvalue weighted by Gasteiger charge is -2.06. The zero-order valence-electron chi connectivity index (χ0n) is 8.22. The molecular weight excluding hydrogens is 288 g/mol. The molecule has 0 spiro atoms. The van der Waals surface area contributed by atoms with Crippen molar-refractivity contribution in [2.75, 3.05) is 7.11 Å². The van der Waals surface area contributed by atoms with E-state index in [0.29, 0.717) is 0 Å². The number of alkyl halides is 2. The number of hydrogen-bond acceptors (Lipinski definition) is 3. The van der Waals surface area contributed by atoms with Gasteiger partial charge in [0.2, 0.25) is 0 Å². The van der Waals surface area contributed by atoms with Crippen molar-refractivity contribution >= 4 is 21.9 Å². The second-order valence-corrected chi connectivity index (χ2v) is 3.73. The molecule has 0 atom stereocenters. The summed E-state index contributed by atoms with van der Waals surface area (Å²) in [5.41, 5.74) is -1.05. The highest BCUT2D eigenvalue weighted by atomic mass is 79.9. The Balaban J connectivity index is 3.14. The van der Waals surface area contributed by atoms with Crippen molar-refractivity contribution in [3.05, 3.63) is 32.2 Å². The number of H-pyrrole nitrogens is 1. The Hall–Kier alpha value is -1.24. The number of ether oxygens (including phenoxy) is 1. The van der Waals surface area contributed by atoms with E-state index in [4.69, 9.17) is 0 Å². The molecule has 88 valence electrons. The van der Waals surface area contributed by atoms with Crippen molar-refractivity contribution in [3.8, 4) is 0 Å². The number of carbonyl (C=O) groups excluding carboxylic acids is 1. The molecule has 0 unspecified atom stereocenters. The first-order valence-corrected chi connectivity index (χ1v) is 5.01. The third-order valence-corrected chi connectivity index (χ3v) is 2.65. The predicted octanol–water partition coefficient (Wildman–Crippen LogP) is 1.79. The Morgan fingerprint density at radius 3 is 2.75 bits per heavy atom. The van der Waals surface area contributed by atoms with Crippen molar-refractivity contribution in [2.24, 2.45) is 0 Å². The summed E-state index contributed by atoms with van der Waals surface area (Å²) in [6, 6.07) is 1.08. The third kappa shape index (κ3) is 2.88. The molecule has 1 N–H and O–H groups in total. The van der Waals surface area contributed by atoms with Crippen LogP contribution in [0.2, 0.25) is 0 Å². The number of hydrogen-bond donors (Lipinski definition) is 1. The van der Waals surface area contributed by atoms with E-state index < -0.39 is 23.5 Å². The van der Waals surface area contributed by atoms with Crippen molar-refractivity contribution in [3.63, 3.8) is 0 Å². The second kappa shape index (κ2) is 5.20. The van der Waals surface area contributed by atoms with Gasteiger partial charge in [-0.3, -0.25) is 9.59 Å². The smallest absolute Gasteiger partial charge is 0.311 e. The van der Waals surface area contributed by atoms with Crippen LogP contribution in [-0.4, -0.2) is 18.1 Å². The highest BCUT2D eigenvalue weighted by molar-refractivity contribution is 9.10. The largest absolute Gasteiger partial charge is 0.469 e. The van der Waals surface area contributed by atoms with Crippen LogP contribution in [0.3, 0.4) is 0 Å². The number of carbonyl (C=O) groups is 1. The van der Waals surface area contributed by atoms with Gasteiger partial charge in [-0.2, -0.15) is 0 Å². The summed E-state index contributed by atoms with van der Waals surface area (Å²) in [5.74, 6) is -0.613. The van der Waals surface area contributed by atoms with E-state index >= 15 is 0 Å². The van der Waals surface area contributed by atoms with Crippen LogP contribution in [0.1, 0.15) is 17.8 Å². The summed E-state index contributed by atoms with van der Waals surface area (Å²) >= 11 is 2.76. The number of halogens is 3. The molecule has 1 aromatic rings. The van der Waals surface area contributed by atoms with Gasteiger partial charge in [0.05, 0.1) is 18.0 Å². The van der Waals surface area contributed by atoms with Crippen LogP contribution in [0.5, 0.6) is 0 Å². The number of methoxy groups -OCH3 is 1. The first-order chi connectivity index (χ1) is 7.45. The molecule has 7 heteroatoms. The lowest BCUT2D eigenvalue weighted by Crippen LogP contribution is -2.14. The standard InChI is InChI=1S/C9H8BrF2NO3/c1-16-6(15)3-4-2-5(14)7(10)8(13-4)9(11)12/h2,9H,3H2,1H3,(H,13,14). The second-order valence-electron chi connectivity index (χ2n) is 2.94. The predicted molar refractivity (Wildman–Crippen MR) is 55.4 cm³/mol. The number of rotatable bonds is 3. The van der Waals surface area contributed by atoms with Crippen LogP contribution in [0.25, 0.3) is 0 Å². The highest BCUT2D eigenvalue weighted by Gasteiger charge is 2.17. The molecule has 0 radical (unpaired) electrons. The van der Waals surface area contributed by atoms with Gasteiger partial charge in [-0.05, 0) is 15.9 Å². The first kappa shape index (κ1) is 12.8. The molecule has 16 heavy (non-hydrogen) atoms. The maximum atomic E-state index is 12.5. The fraction of sp³-hybridized carbons (Fsp3) is 0.333. The Bertz CT molecular complexity index is 459. The lowest BCUT2D eigenvalue weighted by molar-refractivity contribution is -0.139. The fourth-order valence-electron chi connectivity index (χ4n) is 1.09. The van der Waals surface area contributed by atoms with Crippen LogP contribution < -0.4 is 5.43 Å². The van der Waals surface area contributed by atoms with E-state index in [1.165, 1.54) is 7.11 Å². The lowest BCUT2D eigenvalue weighted by atomic mass is 10.2. The quantitative estimate of drug-likeness (QED) is 0.865. The van der Waals surface area contributed by atoms with Gasteiger partial charge < -0.3 is 9.72 Å². The molecule has 0 bridgehead atoms. The molecular formula is C9H8BrF2NO3. The van der Waals surface area contributed by atoms with E-state index in [0.717, 1.165) is 6.07 Å². The Morgan fingerprint density at radius 1 is 1.62 bits per heavy atom. The zero-order chi connectivity index (χ0) is 12.3. The van der Waals surface area contributed by atoms with Gasteiger partial charge in [0.15, 0.2) is 5.43 Å². The number of aromatic amines is 1. The monoisotopic (exact) mass is 295 g/mol. The maximum Gasteiger partial charge on any atom is 0.311 e. The molecule has 0 aliphatic carbocycles. The Labute approximate surface area is 97.7 Å². The number of aromatic nitrogens is 1. The fourth-order valence-corrected chi connectivity index (χ4v) is 1.48. The molecule has 0 aromatic carbocycles. The minimum atomic E-state index is -2.82. The van der Waals surface area contributed by atoms with Crippen LogP contribution in [0, 0.1) is 0 Å². The summed E-state index contributed by atoms with van der Waals surface area (Å²) < 4.78 is 29.1. The van der Waals surface area contributed by atoms with Crippen molar-refractivity contribution < 1.29 is 18.3 Å². The van der Waals surface area contributed by atoms with Crippen LogP contribution in [0.4, 0.5) is 8.78 Å². The van der Waals surface area contributed by atoms with E-state index in [-0.39, 0.29) is 16.6 Å². The van der Waals surface area contributed by atoms with Gasteiger partial charge >= 0.3 is 5.97 Å². The highest BCUT2D eigenvalue weighted by Crippen LogP contribution is 2.22. The summed E-state index contributed by atoms with van der Waals surface area (Å²) in [5, 5.41) is 0. The van der Waals surface area contributed by atoms with E-state index in [1.54, 1.807) is 0 Å². The van der Waals surface area contributed by atoms with Crippen molar-refractivity contribution in [2.45, 2.75) is 12.8 Å². The van der Waals surface area contributed by atoms with Gasteiger partial charge in [-0.1, -0.05) is 0 Å². The summed E-state index contributed by atoms with van der Waals surface area (Å²) in [4.78, 5) is 24.5. The molecule has 1 heterocycles. The minimum Gasteiger partial charge on any atom is -0.469 e. The first-order valence-electron chi connectivity index (χ1n) is 4.22. The van der Waals surface area contributed by atoms with E-state index in [1.807, 2.05) is 0 Å². The molecule has 0 amide bonds. The molecule has 0 saturated carbocycles. The molecule has 0 saturated heterocycles. The SMILES string of the molecule is COC(=O)Cc1cc(=O)c(Br)c(C(F)F)[nH]1. The third-order valence-electron chi connectivity index (χ3n) is 1.83.